The molecule has 0 saturated carbocycles. The lowest BCUT2D eigenvalue weighted by atomic mass is 10.1. The molecule has 24 heavy (non-hydrogen) atoms. The molecule has 0 aliphatic rings. The van der Waals surface area contributed by atoms with Crippen molar-refractivity contribution in [3.63, 3.8) is 0 Å². The van der Waals surface area contributed by atoms with Crippen LogP contribution >= 0.6 is 0 Å². The summed E-state index contributed by atoms with van der Waals surface area (Å²) in [4.78, 5) is 16.3. The van der Waals surface area contributed by atoms with Gasteiger partial charge in [-0.05, 0) is 31.2 Å². The molecule has 0 bridgehead atoms. The number of rotatable bonds is 4. The van der Waals surface area contributed by atoms with Crippen LogP contribution in [0.1, 0.15) is 24.2 Å². The van der Waals surface area contributed by atoms with Gasteiger partial charge >= 0.3 is 5.97 Å². The van der Waals surface area contributed by atoms with Crippen LogP contribution in [0.25, 0.3) is 10.9 Å². The van der Waals surface area contributed by atoms with E-state index in [2.05, 4.69) is 4.98 Å². The number of fused-ring (bicyclic) bond motifs is 1. The van der Waals surface area contributed by atoms with Crippen LogP contribution in [0.2, 0.25) is 0 Å². The van der Waals surface area contributed by atoms with Crippen LogP contribution < -0.4 is 0 Å². The Kier molecular flexibility index (Phi) is 4.51. The van der Waals surface area contributed by atoms with Gasteiger partial charge < -0.3 is 4.74 Å². The highest BCUT2D eigenvalue weighted by atomic mass is 19.1. The van der Waals surface area contributed by atoms with Gasteiger partial charge in [-0.1, -0.05) is 24.3 Å². The van der Waals surface area contributed by atoms with Crippen LogP contribution in [0.5, 0.6) is 0 Å². The van der Waals surface area contributed by atoms with E-state index >= 15 is 0 Å². The zero-order valence-corrected chi connectivity index (χ0v) is 13.0. The van der Waals surface area contributed by atoms with E-state index < -0.39 is 30.1 Å². The smallest absolute Gasteiger partial charge is 0.311 e. The molecule has 2 aromatic carbocycles. The quantitative estimate of drug-likeness (QED) is 0.668. The molecule has 3 aromatic rings. The highest BCUT2D eigenvalue weighted by Gasteiger charge is 2.17. The second-order valence-electron chi connectivity index (χ2n) is 5.47. The summed E-state index contributed by atoms with van der Waals surface area (Å²) < 4.78 is 32.5. The molecular formula is C19H15F2NO2. The van der Waals surface area contributed by atoms with Crippen LogP contribution in [0.15, 0.2) is 54.7 Å². The zero-order valence-electron chi connectivity index (χ0n) is 13.0. The molecule has 0 aliphatic carbocycles. The van der Waals surface area contributed by atoms with Gasteiger partial charge in [0.1, 0.15) is 17.7 Å². The molecule has 0 aliphatic heterocycles. The Morgan fingerprint density at radius 2 is 1.83 bits per heavy atom. The third kappa shape index (κ3) is 3.40. The Balaban J connectivity index is 1.73. The van der Waals surface area contributed by atoms with Crippen molar-refractivity contribution in [2.75, 3.05) is 0 Å². The molecule has 0 saturated heterocycles. The molecule has 3 nitrogen and oxygen atoms in total. The Hall–Kier alpha value is -2.82. The van der Waals surface area contributed by atoms with Crippen LogP contribution in [-0.2, 0) is 16.0 Å². The van der Waals surface area contributed by atoms with Gasteiger partial charge in [0.25, 0.3) is 0 Å². The number of hydrogen-bond donors (Lipinski definition) is 0. The first-order valence-electron chi connectivity index (χ1n) is 7.51. The Morgan fingerprint density at radius 1 is 1.12 bits per heavy atom. The molecule has 1 heterocycles. The van der Waals surface area contributed by atoms with Gasteiger partial charge in [0.05, 0.1) is 11.9 Å². The first-order valence-corrected chi connectivity index (χ1v) is 7.51. The van der Waals surface area contributed by atoms with Gasteiger partial charge in [0.15, 0.2) is 0 Å². The predicted molar refractivity (Wildman–Crippen MR) is 86.3 cm³/mol. The van der Waals surface area contributed by atoms with E-state index in [1.54, 1.807) is 13.1 Å². The van der Waals surface area contributed by atoms with E-state index in [4.69, 9.17) is 4.74 Å². The van der Waals surface area contributed by atoms with Gasteiger partial charge in [-0.15, -0.1) is 0 Å². The Bertz CT molecular complexity index is 875. The van der Waals surface area contributed by atoms with Crippen molar-refractivity contribution in [2.45, 2.75) is 19.4 Å². The fraction of sp³-hybridized carbons (Fsp3) is 0.158. The van der Waals surface area contributed by atoms with Gasteiger partial charge in [-0.25, -0.2) is 8.78 Å². The number of benzene rings is 2. The van der Waals surface area contributed by atoms with Gasteiger partial charge in [0, 0.05) is 22.7 Å². The summed E-state index contributed by atoms with van der Waals surface area (Å²) in [5.74, 6) is -2.21. The van der Waals surface area contributed by atoms with Gasteiger partial charge in [0.2, 0.25) is 0 Å². The fourth-order valence-electron chi connectivity index (χ4n) is 2.46. The lowest BCUT2D eigenvalue weighted by Gasteiger charge is -2.14. The number of carbonyl (C=O) groups excluding carboxylic acids is 1. The molecule has 3 rings (SSSR count). The molecule has 0 fully saturated rings. The lowest BCUT2D eigenvalue weighted by Crippen LogP contribution is -2.13. The Labute approximate surface area is 137 Å². The maximum Gasteiger partial charge on any atom is 0.311 e. The van der Waals surface area contributed by atoms with Crippen LogP contribution in [0.4, 0.5) is 8.78 Å². The number of ether oxygens (including phenoxy) is 1. The average molecular weight is 327 g/mol. The second-order valence-corrected chi connectivity index (χ2v) is 5.47. The highest BCUT2D eigenvalue weighted by molar-refractivity contribution is 5.79. The summed E-state index contributed by atoms with van der Waals surface area (Å²) in [7, 11) is 0. The van der Waals surface area contributed by atoms with Crippen LogP contribution in [0.3, 0.4) is 0 Å². The van der Waals surface area contributed by atoms with Crippen LogP contribution in [0, 0.1) is 11.6 Å². The zero-order chi connectivity index (χ0) is 17.1. The molecular weight excluding hydrogens is 312 g/mol. The van der Waals surface area contributed by atoms with E-state index in [9.17, 15) is 13.6 Å². The summed E-state index contributed by atoms with van der Waals surface area (Å²) in [5, 5.41) is 0.929. The van der Waals surface area contributed by atoms with Crippen molar-refractivity contribution >= 4 is 16.9 Å². The third-order valence-electron chi connectivity index (χ3n) is 3.77. The van der Waals surface area contributed by atoms with Crippen molar-refractivity contribution in [1.29, 1.82) is 0 Å². The molecule has 1 aromatic heterocycles. The van der Waals surface area contributed by atoms with Crippen molar-refractivity contribution in [3.05, 3.63) is 77.5 Å². The van der Waals surface area contributed by atoms with E-state index in [-0.39, 0.29) is 5.56 Å². The maximum absolute atomic E-state index is 13.6. The standard InChI is InChI=1S/C19H15F2NO2/c1-12(14-9-13-5-2-3-8-18(13)22-11-14)24-19(23)10-15-16(20)6-4-7-17(15)21/h2-9,11-12H,10H2,1H3. The third-order valence-corrected chi connectivity index (χ3v) is 3.77. The molecule has 1 unspecified atom stereocenters. The molecule has 0 spiro atoms. The van der Waals surface area contributed by atoms with Crippen molar-refractivity contribution in [1.82, 2.24) is 4.98 Å². The number of halogens is 2. The van der Waals surface area contributed by atoms with E-state index in [1.165, 1.54) is 6.07 Å². The molecule has 122 valence electrons. The highest BCUT2D eigenvalue weighted by Crippen LogP contribution is 2.22. The Morgan fingerprint density at radius 3 is 2.58 bits per heavy atom. The molecule has 0 N–H and O–H groups in total. The van der Waals surface area contributed by atoms with Gasteiger partial charge in [-0.3, -0.25) is 9.78 Å². The first kappa shape index (κ1) is 16.1. The minimum atomic E-state index is -0.757. The SMILES string of the molecule is CC(OC(=O)Cc1c(F)cccc1F)c1cnc2ccccc2c1. The van der Waals surface area contributed by atoms with Crippen molar-refractivity contribution < 1.29 is 18.3 Å². The number of pyridine rings is 1. The average Bonchev–Trinajstić information content (AvgIpc) is 2.58. The lowest BCUT2D eigenvalue weighted by molar-refractivity contribution is -0.147. The monoisotopic (exact) mass is 327 g/mol. The molecule has 0 radical (unpaired) electrons. The first-order chi connectivity index (χ1) is 11.5. The maximum atomic E-state index is 13.6. The van der Waals surface area contributed by atoms with E-state index in [1.807, 2.05) is 30.3 Å². The van der Waals surface area contributed by atoms with Crippen molar-refractivity contribution in [3.8, 4) is 0 Å². The largest absolute Gasteiger partial charge is 0.457 e. The minimum absolute atomic E-state index is 0.286. The number of hydrogen-bond acceptors (Lipinski definition) is 3. The fourth-order valence-corrected chi connectivity index (χ4v) is 2.46. The van der Waals surface area contributed by atoms with E-state index in [0.717, 1.165) is 28.6 Å². The summed E-state index contributed by atoms with van der Waals surface area (Å²) in [6, 6.07) is 12.9. The minimum Gasteiger partial charge on any atom is -0.457 e. The van der Waals surface area contributed by atoms with E-state index in [0.29, 0.717) is 0 Å². The summed E-state index contributed by atoms with van der Waals surface area (Å²) in [6.45, 7) is 1.70. The molecule has 0 amide bonds. The van der Waals surface area contributed by atoms with Crippen LogP contribution in [-0.4, -0.2) is 11.0 Å². The number of esters is 1. The summed E-state index contributed by atoms with van der Waals surface area (Å²) in [5.41, 5.74) is 1.27. The number of aromatic nitrogens is 1. The number of nitrogens with zero attached hydrogens (tertiary/aromatic N) is 1. The number of para-hydroxylation sites is 1. The topological polar surface area (TPSA) is 39.2 Å². The van der Waals surface area contributed by atoms with Crippen molar-refractivity contribution in [2.24, 2.45) is 0 Å². The van der Waals surface area contributed by atoms with Gasteiger partial charge in [-0.2, -0.15) is 0 Å². The predicted octanol–water partition coefficient (Wildman–Crippen LogP) is 4.36. The number of carbonyl (C=O) groups is 1. The summed E-state index contributed by atoms with van der Waals surface area (Å²) in [6.07, 6.45) is 0.609. The summed E-state index contributed by atoms with van der Waals surface area (Å²) >= 11 is 0. The second kappa shape index (κ2) is 6.74. The molecule has 5 heteroatoms. The normalized spacial score (nSPS) is 12.1. The molecule has 1 atom stereocenters.